The Hall–Kier alpha value is -1.77. The molecule has 22 heavy (non-hydrogen) atoms. The third-order valence-electron chi connectivity index (χ3n) is 3.69. The number of halogens is 3. The summed E-state index contributed by atoms with van der Waals surface area (Å²) >= 11 is 0. The number of hydrogen-bond donors (Lipinski definition) is 0. The lowest BCUT2D eigenvalue weighted by Crippen LogP contribution is -2.04. The first kappa shape index (κ1) is 16.6. The van der Waals surface area contributed by atoms with Gasteiger partial charge in [-0.3, -0.25) is 0 Å². The summed E-state index contributed by atoms with van der Waals surface area (Å²) in [6.45, 7) is 3.82. The second kappa shape index (κ2) is 7.48. The van der Waals surface area contributed by atoms with Crippen molar-refractivity contribution in [3.63, 3.8) is 0 Å². The Morgan fingerprint density at radius 3 is 2.18 bits per heavy atom. The Morgan fingerprint density at radius 2 is 1.55 bits per heavy atom. The van der Waals surface area contributed by atoms with Gasteiger partial charge >= 0.3 is 6.18 Å². The molecule has 0 unspecified atom stereocenters. The van der Waals surface area contributed by atoms with Crippen LogP contribution in [0.2, 0.25) is 0 Å². The summed E-state index contributed by atoms with van der Waals surface area (Å²) in [6.07, 6.45) is 1.10. The van der Waals surface area contributed by atoms with Crippen LogP contribution in [0.4, 0.5) is 13.2 Å². The molecule has 0 bridgehead atoms. The lowest BCUT2D eigenvalue weighted by Gasteiger charge is -2.09. The molecule has 117 valence electrons. The maximum atomic E-state index is 12.7. The summed E-state index contributed by atoms with van der Waals surface area (Å²) in [4.78, 5) is 0. The standard InChI is InChI=1S/C19H20F3/c1-2-3-4-5-7-15-10-12-16(13-11-15)17-8-6-9-18(14-17)19(20,21)22/h6,8-14H,1-5,7H2. The quantitative estimate of drug-likeness (QED) is 0.549. The van der Waals surface area contributed by atoms with Crippen LogP contribution in [0.3, 0.4) is 0 Å². The van der Waals surface area contributed by atoms with Gasteiger partial charge in [0.2, 0.25) is 0 Å². The third kappa shape index (κ3) is 4.62. The van der Waals surface area contributed by atoms with Crippen molar-refractivity contribution in [1.29, 1.82) is 0 Å². The van der Waals surface area contributed by atoms with Gasteiger partial charge in [-0.2, -0.15) is 13.2 Å². The average Bonchev–Trinajstić information content (AvgIpc) is 2.51. The van der Waals surface area contributed by atoms with Crippen molar-refractivity contribution in [1.82, 2.24) is 0 Å². The first-order valence-electron chi connectivity index (χ1n) is 7.56. The summed E-state index contributed by atoms with van der Waals surface area (Å²) in [5.41, 5.74) is 2.02. The maximum Gasteiger partial charge on any atom is 0.416 e. The highest BCUT2D eigenvalue weighted by atomic mass is 19.4. The molecular weight excluding hydrogens is 285 g/mol. The van der Waals surface area contributed by atoms with Crippen LogP contribution in [-0.4, -0.2) is 0 Å². The Morgan fingerprint density at radius 1 is 0.818 bits per heavy atom. The van der Waals surface area contributed by atoms with Crippen LogP contribution in [-0.2, 0) is 12.6 Å². The minimum absolute atomic E-state index is 0.596. The van der Waals surface area contributed by atoms with Gasteiger partial charge in [-0.25, -0.2) is 0 Å². The molecule has 0 nitrogen and oxygen atoms in total. The lowest BCUT2D eigenvalue weighted by molar-refractivity contribution is -0.137. The van der Waals surface area contributed by atoms with Crippen molar-refractivity contribution in [3.05, 3.63) is 66.6 Å². The van der Waals surface area contributed by atoms with Crippen molar-refractivity contribution in [3.8, 4) is 11.1 Å². The summed E-state index contributed by atoms with van der Waals surface area (Å²) < 4.78 is 38.2. The molecule has 0 spiro atoms. The number of rotatable bonds is 6. The molecular formula is C19H20F3. The van der Waals surface area contributed by atoms with Crippen LogP contribution in [0.5, 0.6) is 0 Å². The highest BCUT2D eigenvalue weighted by molar-refractivity contribution is 5.64. The van der Waals surface area contributed by atoms with E-state index in [4.69, 9.17) is 0 Å². The van der Waals surface area contributed by atoms with E-state index in [0.717, 1.165) is 37.3 Å². The summed E-state index contributed by atoms with van der Waals surface area (Å²) in [5.74, 6) is 0. The molecule has 1 radical (unpaired) electrons. The van der Waals surface area contributed by atoms with E-state index in [1.54, 1.807) is 6.07 Å². The van der Waals surface area contributed by atoms with E-state index in [1.807, 2.05) is 24.3 Å². The van der Waals surface area contributed by atoms with Gasteiger partial charge < -0.3 is 0 Å². The molecule has 2 aromatic carbocycles. The zero-order valence-corrected chi connectivity index (χ0v) is 12.5. The molecule has 0 aromatic heterocycles. The van der Waals surface area contributed by atoms with Crippen LogP contribution < -0.4 is 0 Å². The zero-order chi connectivity index (χ0) is 16.0. The predicted molar refractivity (Wildman–Crippen MR) is 84.4 cm³/mol. The average molecular weight is 305 g/mol. The van der Waals surface area contributed by atoms with Gasteiger partial charge in [-0.15, -0.1) is 0 Å². The highest BCUT2D eigenvalue weighted by Gasteiger charge is 2.30. The van der Waals surface area contributed by atoms with Gasteiger partial charge in [0.15, 0.2) is 0 Å². The Bertz CT molecular complexity index is 582. The fourth-order valence-electron chi connectivity index (χ4n) is 2.42. The van der Waals surface area contributed by atoms with Crippen molar-refractivity contribution in [2.45, 2.75) is 38.3 Å². The summed E-state index contributed by atoms with van der Waals surface area (Å²) in [7, 11) is 0. The second-order valence-corrected chi connectivity index (χ2v) is 5.44. The molecule has 0 saturated carbocycles. The Balaban J connectivity index is 2.07. The molecule has 0 aliphatic carbocycles. The number of hydrogen-bond acceptors (Lipinski definition) is 0. The summed E-state index contributed by atoms with van der Waals surface area (Å²) in [6, 6.07) is 13.2. The molecule has 0 amide bonds. The van der Waals surface area contributed by atoms with E-state index in [1.165, 1.54) is 24.1 Å². The second-order valence-electron chi connectivity index (χ2n) is 5.44. The molecule has 0 fully saturated rings. The van der Waals surface area contributed by atoms with Crippen molar-refractivity contribution >= 4 is 0 Å². The lowest BCUT2D eigenvalue weighted by atomic mass is 9.99. The molecule has 0 atom stereocenters. The minimum atomic E-state index is -4.30. The fourth-order valence-corrected chi connectivity index (χ4v) is 2.42. The number of benzene rings is 2. The zero-order valence-electron chi connectivity index (χ0n) is 12.5. The van der Waals surface area contributed by atoms with Crippen molar-refractivity contribution in [2.24, 2.45) is 0 Å². The van der Waals surface area contributed by atoms with Gasteiger partial charge in [0, 0.05) is 0 Å². The van der Waals surface area contributed by atoms with Crippen LogP contribution in [0.15, 0.2) is 48.5 Å². The normalized spacial score (nSPS) is 11.6. The van der Waals surface area contributed by atoms with Crippen LogP contribution in [0.1, 0.15) is 36.8 Å². The van der Waals surface area contributed by atoms with Gasteiger partial charge in [0.1, 0.15) is 0 Å². The van der Waals surface area contributed by atoms with E-state index in [2.05, 4.69) is 6.92 Å². The largest absolute Gasteiger partial charge is 0.416 e. The van der Waals surface area contributed by atoms with Crippen molar-refractivity contribution in [2.75, 3.05) is 0 Å². The predicted octanol–water partition coefficient (Wildman–Crippen LogP) is 6.31. The van der Waals surface area contributed by atoms with E-state index < -0.39 is 11.7 Å². The number of alkyl halides is 3. The van der Waals surface area contributed by atoms with Crippen LogP contribution in [0.25, 0.3) is 11.1 Å². The Kier molecular flexibility index (Phi) is 5.64. The third-order valence-corrected chi connectivity index (χ3v) is 3.69. The molecule has 2 aromatic rings. The molecule has 2 rings (SSSR count). The SMILES string of the molecule is [CH2]CCCCCc1ccc(-c2cccc(C(F)(F)F)c2)cc1. The van der Waals surface area contributed by atoms with Gasteiger partial charge in [0.05, 0.1) is 5.56 Å². The topological polar surface area (TPSA) is 0 Å². The molecule has 0 saturated heterocycles. The van der Waals surface area contributed by atoms with Crippen molar-refractivity contribution < 1.29 is 13.2 Å². The van der Waals surface area contributed by atoms with Crippen LogP contribution in [0, 0.1) is 6.92 Å². The first-order valence-corrected chi connectivity index (χ1v) is 7.56. The van der Waals surface area contributed by atoms with Gasteiger partial charge in [0.25, 0.3) is 0 Å². The molecule has 3 heteroatoms. The highest BCUT2D eigenvalue weighted by Crippen LogP contribution is 2.32. The fraction of sp³-hybridized carbons (Fsp3) is 0.316. The maximum absolute atomic E-state index is 12.7. The minimum Gasteiger partial charge on any atom is -0.166 e. The van der Waals surface area contributed by atoms with E-state index in [-0.39, 0.29) is 0 Å². The smallest absolute Gasteiger partial charge is 0.166 e. The van der Waals surface area contributed by atoms with Gasteiger partial charge in [-0.1, -0.05) is 62.6 Å². The van der Waals surface area contributed by atoms with Crippen LogP contribution >= 0.6 is 0 Å². The number of aryl methyl sites for hydroxylation is 1. The number of unbranched alkanes of at least 4 members (excludes halogenated alkanes) is 3. The molecule has 0 aliphatic rings. The van der Waals surface area contributed by atoms with Gasteiger partial charge in [-0.05, 0) is 41.7 Å². The molecule has 0 heterocycles. The van der Waals surface area contributed by atoms with E-state index in [0.29, 0.717) is 5.56 Å². The Labute approximate surface area is 130 Å². The monoisotopic (exact) mass is 305 g/mol. The first-order chi connectivity index (χ1) is 10.5. The molecule has 0 aliphatic heterocycles. The van der Waals surface area contributed by atoms with E-state index >= 15 is 0 Å². The summed E-state index contributed by atoms with van der Waals surface area (Å²) in [5, 5.41) is 0. The molecule has 0 N–H and O–H groups in total. The van der Waals surface area contributed by atoms with E-state index in [9.17, 15) is 13.2 Å².